The first kappa shape index (κ1) is 23.0. The van der Waals surface area contributed by atoms with Gasteiger partial charge in [0.25, 0.3) is 5.91 Å². The van der Waals surface area contributed by atoms with Crippen LogP contribution in [-0.4, -0.2) is 30.6 Å². The lowest BCUT2D eigenvalue weighted by Gasteiger charge is -2.17. The summed E-state index contributed by atoms with van der Waals surface area (Å²) in [6, 6.07) is 24.2. The van der Waals surface area contributed by atoms with E-state index >= 15 is 0 Å². The van der Waals surface area contributed by atoms with Gasteiger partial charge in [-0.15, -0.1) is 0 Å². The van der Waals surface area contributed by atoms with Crippen LogP contribution < -0.4 is 20.3 Å². The normalized spacial score (nSPS) is 10.2. The molecule has 0 heterocycles. The van der Waals surface area contributed by atoms with E-state index in [0.29, 0.717) is 23.6 Å². The van der Waals surface area contributed by atoms with Gasteiger partial charge in [0.2, 0.25) is 5.91 Å². The summed E-state index contributed by atoms with van der Waals surface area (Å²) >= 11 is 5.27. The second kappa shape index (κ2) is 11.1. The minimum Gasteiger partial charge on any atom is -0.493 e. The fraction of sp³-hybridized carbons (Fsp3) is 0.160. The minimum atomic E-state index is -0.340. The summed E-state index contributed by atoms with van der Waals surface area (Å²) in [6.45, 7) is 2.00. The molecule has 3 aromatic rings. The van der Waals surface area contributed by atoms with Crippen LogP contribution in [0.25, 0.3) is 0 Å². The molecule has 0 spiro atoms. The van der Waals surface area contributed by atoms with Crippen molar-refractivity contribution in [2.75, 3.05) is 23.9 Å². The van der Waals surface area contributed by atoms with Gasteiger partial charge < -0.3 is 15.0 Å². The van der Waals surface area contributed by atoms with Gasteiger partial charge in [-0.3, -0.25) is 14.9 Å². The molecule has 0 bridgehead atoms. The lowest BCUT2D eigenvalue weighted by atomic mass is 10.2. The van der Waals surface area contributed by atoms with E-state index in [1.807, 2.05) is 30.3 Å². The van der Waals surface area contributed by atoms with E-state index in [2.05, 4.69) is 22.8 Å². The van der Waals surface area contributed by atoms with Gasteiger partial charge in [0.05, 0.1) is 6.61 Å². The molecule has 0 saturated heterocycles. The first-order valence-electron chi connectivity index (χ1n) is 10.2. The summed E-state index contributed by atoms with van der Waals surface area (Å²) in [5, 5.41) is 5.80. The molecule has 3 rings (SSSR count). The molecule has 0 atom stereocenters. The summed E-state index contributed by atoms with van der Waals surface area (Å²) in [5.74, 6) is 0.198. The third-order valence-electron chi connectivity index (χ3n) is 4.79. The highest BCUT2D eigenvalue weighted by molar-refractivity contribution is 7.80. The molecule has 3 aromatic carbocycles. The van der Waals surface area contributed by atoms with Crippen LogP contribution in [0.4, 0.5) is 11.4 Å². The zero-order chi connectivity index (χ0) is 22.9. The van der Waals surface area contributed by atoms with Crippen LogP contribution in [0.2, 0.25) is 0 Å². The van der Waals surface area contributed by atoms with Gasteiger partial charge in [-0.25, -0.2) is 0 Å². The average molecular weight is 448 g/mol. The van der Waals surface area contributed by atoms with Gasteiger partial charge in [0.15, 0.2) is 5.11 Å². The zero-order valence-corrected chi connectivity index (χ0v) is 18.8. The number of carbonyl (C=O) groups excluding carboxylic acids is 2. The van der Waals surface area contributed by atoms with E-state index in [-0.39, 0.29) is 16.9 Å². The number of hydrogen-bond donors (Lipinski definition) is 2. The number of thiocarbonyl (C=S) groups is 1. The fourth-order valence-corrected chi connectivity index (χ4v) is 3.18. The highest BCUT2D eigenvalue weighted by Gasteiger charge is 2.11. The summed E-state index contributed by atoms with van der Waals surface area (Å²) in [7, 11) is 1.69. The summed E-state index contributed by atoms with van der Waals surface area (Å²) in [5.41, 5.74) is 3.02. The van der Waals surface area contributed by atoms with Crippen LogP contribution >= 0.6 is 12.2 Å². The zero-order valence-electron chi connectivity index (χ0n) is 18.0. The monoisotopic (exact) mass is 447 g/mol. The highest BCUT2D eigenvalue weighted by atomic mass is 32.1. The molecule has 0 radical (unpaired) electrons. The van der Waals surface area contributed by atoms with Crippen LogP contribution in [0, 0.1) is 0 Å². The van der Waals surface area contributed by atoms with E-state index in [4.69, 9.17) is 17.0 Å². The second-order valence-electron chi connectivity index (χ2n) is 7.15. The molecule has 0 aliphatic heterocycles. The highest BCUT2D eigenvalue weighted by Crippen LogP contribution is 2.19. The Morgan fingerprint density at radius 3 is 2.47 bits per heavy atom. The Labute approximate surface area is 193 Å². The molecule has 2 amide bonds. The molecule has 0 saturated carbocycles. The summed E-state index contributed by atoms with van der Waals surface area (Å²) < 4.78 is 5.80. The number of amides is 2. The van der Waals surface area contributed by atoms with Crippen molar-refractivity contribution in [2.24, 2.45) is 0 Å². The number of anilines is 2. The number of benzene rings is 3. The maximum Gasteiger partial charge on any atom is 0.257 e. The molecule has 32 heavy (non-hydrogen) atoms. The molecule has 164 valence electrons. The number of carbonyl (C=O) groups is 2. The second-order valence-corrected chi connectivity index (χ2v) is 7.56. The van der Waals surface area contributed by atoms with Crippen LogP contribution in [0.3, 0.4) is 0 Å². The summed E-state index contributed by atoms with van der Waals surface area (Å²) in [6.07, 6.45) is 0.781. The number of nitrogens with one attached hydrogen (secondary N) is 2. The van der Waals surface area contributed by atoms with Crippen LogP contribution in [0.1, 0.15) is 22.8 Å². The third kappa shape index (κ3) is 6.65. The summed E-state index contributed by atoms with van der Waals surface area (Å²) in [4.78, 5) is 25.7. The Balaban J connectivity index is 1.55. The Morgan fingerprint density at radius 1 is 0.969 bits per heavy atom. The van der Waals surface area contributed by atoms with Crippen LogP contribution in [0.15, 0.2) is 78.9 Å². The molecular weight excluding hydrogens is 422 g/mol. The Kier molecular flexibility index (Phi) is 7.94. The van der Waals surface area contributed by atoms with E-state index in [9.17, 15) is 9.59 Å². The third-order valence-corrected chi connectivity index (χ3v) is 4.99. The van der Waals surface area contributed by atoms with Gasteiger partial charge in [0, 0.05) is 37.3 Å². The number of rotatable bonds is 7. The van der Waals surface area contributed by atoms with Gasteiger partial charge >= 0.3 is 0 Å². The predicted octanol–water partition coefficient (Wildman–Crippen LogP) is 4.42. The van der Waals surface area contributed by atoms with Crippen molar-refractivity contribution in [1.82, 2.24) is 5.32 Å². The molecule has 0 aliphatic rings. The molecule has 7 heteroatoms. The van der Waals surface area contributed by atoms with Crippen LogP contribution in [0.5, 0.6) is 5.75 Å². The first-order valence-corrected chi connectivity index (χ1v) is 10.6. The van der Waals surface area contributed by atoms with E-state index in [1.165, 1.54) is 17.4 Å². The first-order chi connectivity index (χ1) is 15.4. The lowest BCUT2D eigenvalue weighted by molar-refractivity contribution is -0.116. The van der Waals surface area contributed by atoms with Crippen molar-refractivity contribution in [2.45, 2.75) is 13.3 Å². The predicted molar refractivity (Wildman–Crippen MR) is 131 cm³/mol. The van der Waals surface area contributed by atoms with E-state index in [1.54, 1.807) is 43.4 Å². The SMILES string of the molecule is CC(=O)N(C)c1cccc(NC(=S)NC(=O)c2cccc(OCCc3ccccc3)c2)c1. The van der Waals surface area contributed by atoms with Gasteiger partial charge in [-0.2, -0.15) is 0 Å². The Bertz CT molecular complexity index is 1100. The molecule has 0 unspecified atom stereocenters. The van der Waals surface area contributed by atoms with Crippen molar-refractivity contribution in [3.63, 3.8) is 0 Å². The molecule has 0 aromatic heterocycles. The lowest BCUT2D eigenvalue weighted by Crippen LogP contribution is -2.34. The largest absolute Gasteiger partial charge is 0.493 e. The van der Waals surface area contributed by atoms with Crippen LogP contribution in [-0.2, 0) is 11.2 Å². The van der Waals surface area contributed by atoms with E-state index in [0.717, 1.165) is 12.1 Å². The van der Waals surface area contributed by atoms with Gasteiger partial charge in [0.1, 0.15) is 5.75 Å². The average Bonchev–Trinajstić information content (AvgIpc) is 2.79. The number of ether oxygens (including phenoxy) is 1. The molecular formula is C25H25N3O3S. The van der Waals surface area contributed by atoms with Gasteiger partial charge in [-0.1, -0.05) is 42.5 Å². The maximum absolute atomic E-state index is 12.6. The Hall–Kier alpha value is -3.71. The molecule has 0 aliphatic carbocycles. The van der Waals surface area contributed by atoms with Crippen molar-refractivity contribution in [3.8, 4) is 5.75 Å². The fourth-order valence-electron chi connectivity index (χ4n) is 2.97. The quantitative estimate of drug-likeness (QED) is 0.525. The van der Waals surface area contributed by atoms with Gasteiger partial charge in [-0.05, 0) is 54.2 Å². The topological polar surface area (TPSA) is 70.7 Å². The van der Waals surface area contributed by atoms with E-state index < -0.39 is 0 Å². The number of nitrogens with zero attached hydrogens (tertiary/aromatic N) is 1. The maximum atomic E-state index is 12.6. The minimum absolute atomic E-state index is 0.0797. The van der Waals surface area contributed by atoms with Crippen molar-refractivity contribution in [1.29, 1.82) is 0 Å². The molecule has 6 nitrogen and oxygen atoms in total. The van der Waals surface area contributed by atoms with Crippen molar-refractivity contribution < 1.29 is 14.3 Å². The Morgan fingerprint density at radius 2 is 1.72 bits per heavy atom. The van der Waals surface area contributed by atoms with Crippen molar-refractivity contribution in [3.05, 3.63) is 90.0 Å². The molecule has 2 N–H and O–H groups in total. The number of hydrogen-bond acceptors (Lipinski definition) is 4. The standard InChI is InChI=1S/C25H25N3O3S/c1-18(29)28(2)22-12-7-11-21(17-22)26-25(32)27-24(30)20-10-6-13-23(16-20)31-15-14-19-8-4-3-5-9-19/h3-13,16-17H,14-15H2,1-2H3,(H2,26,27,30,32). The van der Waals surface area contributed by atoms with Crippen molar-refractivity contribution >= 4 is 40.5 Å². The molecule has 0 fully saturated rings. The smallest absolute Gasteiger partial charge is 0.257 e.